The van der Waals surface area contributed by atoms with Gasteiger partial charge in [-0.3, -0.25) is 9.79 Å². The molecular formula is C19H39IN4O2. The minimum Gasteiger partial charge on any atom is -0.382 e. The average molecular weight is 482 g/mol. The van der Waals surface area contributed by atoms with Gasteiger partial charge in [-0.25, -0.2) is 0 Å². The van der Waals surface area contributed by atoms with Gasteiger partial charge in [-0.05, 0) is 44.9 Å². The Hall–Kier alpha value is -0.570. The van der Waals surface area contributed by atoms with Gasteiger partial charge in [0, 0.05) is 45.8 Å². The molecule has 26 heavy (non-hydrogen) atoms. The van der Waals surface area contributed by atoms with Crippen molar-refractivity contribution in [3.63, 3.8) is 0 Å². The summed E-state index contributed by atoms with van der Waals surface area (Å²) in [6.45, 7) is 9.26. The van der Waals surface area contributed by atoms with Crippen LogP contribution >= 0.6 is 24.0 Å². The maximum absolute atomic E-state index is 11.8. The van der Waals surface area contributed by atoms with Gasteiger partial charge in [0.15, 0.2) is 5.96 Å². The van der Waals surface area contributed by atoms with E-state index in [9.17, 15) is 4.79 Å². The first-order valence-corrected chi connectivity index (χ1v) is 9.87. The summed E-state index contributed by atoms with van der Waals surface area (Å²) in [5.41, 5.74) is 0.320. The van der Waals surface area contributed by atoms with Crippen LogP contribution in [0.2, 0.25) is 0 Å². The van der Waals surface area contributed by atoms with Crippen LogP contribution in [0.3, 0.4) is 0 Å². The summed E-state index contributed by atoms with van der Waals surface area (Å²) in [7, 11) is 1.77. The summed E-state index contributed by atoms with van der Waals surface area (Å²) in [6.07, 6.45) is 7.61. The van der Waals surface area contributed by atoms with Crippen molar-refractivity contribution in [3.8, 4) is 0 Å². The Morgan fingerprint density at radius 1 is 1.23 bits per heavy atom. The van der Waals surface area contributed by atoms with E-state index in [4.69, 9.17) is 4.74 Å². The molecule has 0 aromatic rings. The second-order valence-corrected chi connectivity index (χ2v) is 7.13. The number of carbonyl (C=O) groups is 1. The lowest BCUT2D eigenvalue weighted by atomic mass is 9.83. The Balaban J connectivity index is 0.00000625. The molecule has 0 heterocycles. The van der Waals surface area contributed by atoms with Gasteiger partial charge in [-0.15, -0.1) is 24.0 Å². The first kappa shape index (κ1) is 25.4. The quantitative estimate of drug-likeness (QED) is 0.183. The van der Waals surface area contributed by atoms with E-state index in [-0.39, 0.29) is 35.9 Å². The van der Waals surface area contributed by atoms with Crippen LogP contribution in [0.4, 0.5) is 0 Å². The van der Waals surface area contributed by atoms with Crippen molar-refractivity contribution in [2.45, 2.75) is 71.8 Å². The number of halogens is 1. The van der Waals surface area contributed by atoms with Gasteiger partial charge in [-0.2, -0.15) is 0 Å². The predicted molar refractivity (Wildman–Crippen MR) is 119 cm³/mol. The summed E-state index contributed by atoms with van der Waals surface area (Å²) in [4.78, 5) is 16.1. The number of rotatable bonds is 11. The van der Waals surface area contributed by atoms with Crippen LogP contribution in [0.1, 0.15) is 65.7 Å². The summed E-state index contributed by atoms with van der Waals surface area (Å²) < 4.78 is 5.57. The Morgan fingerprint density at radius 2 is 1.92 bits per heavy atom. The molecule has 0 spiro atoms. The maximum atomic E-state index is 11.8. The molecule has 0 aromatic carbocycles. The van der Waals surface area contributed by atoms with E-state index in [1.165, 1.54) is 25.7 Å². The number of guanidine groups is 1. The monoisotopic (exact) mass is 482 g/mol. The number of hydrogen-bond acceptors (Lipinski definition) is 3. The van der Waals surface area contributed by atoms with Crippen LogP contribution in [0.25, 0.3) is 0 Å². The molecule has 0 aromatic heterocycles. The molecule has 7 heteroatoms. The minimum absolute atomic E-state index is 0. The molecule has 0 radical (unpaired) electrons. The van der Waals surface area contributed by atoms with E-state index in [1.807, 2.05) is 13.8 Å². The van der Waals surface area contributed by atoms with Crippen molar-refractivity contribution in [1.82, 2.24) is 16.0 Å². The van der Waals surface area contributed by atoms with Crippen LogP contribution in [0.5, 0.6) is 0 Å². The van der Waals surface area contributed by atoms with E-state index in [0.717, 1.165) is 38.6 Å². The van der Waals surface area contributed by atoms with Gasteiger partial charge >= 0.3 is 0 Å². The summed E-state index contributed by atoms with van der Waals surface area (Å²) >= 11 is 0. The molecule has 1 amide bonds. The summed E-state index contributed by atoms with van der Waals surface area (Å²) in [6, 6.07) is 0.234. The Morgan fingerprint density at radius 3 is 2.50 bits per heavy atom. The molecular weight excluding hydrogens is 443 g/mol. The van der Waals surface area contributed by atoms with Crippen molar-refractivity contribution >= 4 is 35.8 Å². The zero-order chi connectivity index (χ0) is 18.5. The van der Waals surface area contributed by atoms with Crippen LogP contribution in [-0.4, -0.2) is 51.3 Å². The average Bonchev–Trinajstić information content (AvgIpc) is 3.07. The van der Waals surface area contributed by atoms with Crippen molar-refractivity contribution in [2.75, 3.05) is 33.4 Å². The second kappa shape index (κ2) is 14.5. The van der Waals surface area contributed by atoms with Crippen LogP contribution < -0.4 is 16.0 Å². The lowest BCUT2D eigenvalue weighted by Crippen LogP contribution is -2.44. The molecule has 1 unspecified atom stereocenters. The molecule has 0 bridgehead atoms. The Labute approximate surface area is 176 Å². The Kier molecular flexibility index (Phi) is 14.2. The van der Waals surface area contributed by atoms with Gasteiger partial charge in [0.2, 0.25) is 5.91 Å². The highest BCUT2D eigenvalue weighted by Gasteiger charge is 2.33. The summed E-state index contributed by atoms with van der Waals surface area (Å²) in [5, 5.41) is 9.68. The number of carbonyl (C=O) groups excluding carboxylic acids is 1. The number of ether oxygens (including phenoxy) is 1. The molecule has 3 N–H and O–H groups in total. The molecule has 0 aliphatic heterocycles. The first-order valence-electron chi connectivity index (χ1n) is 9.87. The van der Waals surface area contributed by atoms with E-state index in [1.54, 1.807) is 7.05 Å². The van der Waals surface area contributed by atoms with E-state index < -0.39 is 0 Å². The van der Waals surface area contributed by atoms with Gasteiger partial charge in [0.25, 0.3) is 0 Å². The fraction of sp³-hybridized carbons (Fsp3) is 0.895. The van der Waals surface area contributed by atoms with Crippen molar-refractivity contribution in [2.24, 2.45) is 10.4 Å². The second-order valence-electron chi connectivity index (χ2n) is 7.13. The predicted octanol–water partition coefficient (Wildman–Crippen LogP) is 3.06. The molecule has 1 fully saturated rings. The number of nitrogens with zero attached hydrogens (tertiary/aromatic N) is 1. The van der Waals surface area contributed by atoms with Crippen LogP contribution in [-0.2, 0) is 9.53 Å². The molecule has 0 saturated heterocycles. The third kappa shape index (κ3) is 9.94. The molecule has 1 saturated carbocycles. The molecule has 154 valence electrons. The number of aliphatic imine (C=N–C) groups is 1. The summed E-state index contributed by atoms with van der Waals surface area (Å²) in [5.74, 6) is 0.861. The largest absolute Gasteiger partial charge is 0.382 e. The minimum atomic E-state index is 0. The highest BCUT2D eigenvalue weighted by molar-refractivity contribution is 14.0. The first-order chi connectivity index (χ1) is 12.0. The van der Waals surface area contributed by atoms with E-state index >= 15 is 0 Å². The fourth-order valence-corrected chi connectivity index (χ4v) is 3.31. The molecule has 1 atom stereocenters. The zero-order valence-corrected chi connectivity index (χ0v) is 19.4. The lowest BCUT2D eigenvalue weighted by molar-refractivity contribution is -0.121. The van der Waals surface area contributed by atoms with E-state index in [0.29, 0.717) is 18.4 Å². The third-order valence-corrected chi connectivity index (χ3v) is 5.16. The third-order valence-electron chi connectivity index (χ3n) is 5.16. The molecule has 1 rings (SSSR count). The normalized spacial score (nSPS) is 17.3. The van der Waals surface area contributed by atoms with Gasteiger partial charge < -0.3 is 20.7 Å². The standard InChI is InChI=1S/C19H38N4O2.HI/c1-5-16(3)23-17(24)9-13-21-18(20-4)22-15-19(10-7-8-11-19)12-14-25-6-2;/h16H,5-15H2,1-4H3,(H,23,24)(H2,20,21,22);1H. The molecule has 1 aliphatic rings. The van der Waals surface area contributed by atoms with Crippen molar-refractivity contribution < 1.29 is 9.53 Å². The van der Waals surface area contributed by atoms with E-state index in [2.05, 4.69) is 27.9 Å². The van der Waals surface area contributed by atoms with Crippen molar-refractivity contribution in [1.29, 1.82) is 0 Å². The van der Waals surface area contributed by atoms with Gasteiger partial charge in [-0.1, -0.05) is 19.8 Å². The van der Waals surface area contributed by atoms with Gasteiger partial charge in [0.05, 0.1) is 0 Å². The molecule has 6 nitrogen and oxygen atoms in total. The fourth-order valence-electron chi connectivity index (χ4n) is 3.31. The highest BCUT2D eigenvalue weighted by Crippen LogP contribution is 2.40. The number of hydrogen-bond donors (Lipinski definition) is 3. The smallest absolute Gasteiger partial charge is 0.221 e. The van der Waals surface area contributed by atoms with Crippen LogP contribution in [0.15, 0.2) is 4.99 Å². The van der Waals surface area contributed by atoms with Crippen LogP contribution in [0, 0.1) is 5.41 Å². The Bertz CT molecular complexity index is 412. The number of amides is 1. The van der Waals surface area contributed by atoms with Crippen molar-refractivity contribution in [3.05, 3.63) is 0 Å². The zero-order valence-electron chi connectivity index (χ0n) is 17.0. The van der Waals surface area contributed by atoms with Gasteiger partial charge in [0.1, 0.15) is 0 Å². The topological polar surface area (TPSA) is 74.8 Å². The number of nitrogens with one attached hydrogen (secondary N) is 3. The highest BCUT2D eigenvalue weighted by atomic mass is 127. The maximum Gasteiger partial charge on any atom is 0.221 e. The lowest BCUT2D eigenvalue weighted by Gasteiger charge is -2.30. The molecule has 1 aliphatic carbocycles. The SMILES string of the molecule is CCOCCC1(CNC(=NC)NCCC(=O)NC(C)CC)CCCC1.I.